The molecule has 3 heterocycles. The summed E-state index contributed by atoms with van der Waals surface area (Å²) in [6.07, 6.45) is -0.756. The van der Waals surface area contributed by atoms with Crippen molar-refractivity contribution in [2.24, 2.45) is 20.8 Å². The molecular formula is C11H16FN5O2. The molecular weight excluding hydrogens is 253 g/mol. The highest BCUT2D eigenvalue weighted by Crippen LogP contribution is 2.33. The second kappa shape index (κ2) is 4.53. The number of hydrogen-bond acceptors (Lipinski definition) is 7. The Labute approximate surface area is 109 Å². The van der Waals surface area contributed by atoms with Crippen LogP contribution >= 0.6 is 0 Å². The first-order valence-corrected chi connectivity index (χ1v) is 6.25. The first-order valence-electron chi connectivity index (χ1n) is 6.25. The Bertz CT molecular complexity index is 466. The van der Waals surface area contributed by atoms with E-state index in [-0.39, 0.29) is 30.9 Å². The van der Waals surface area contributed by atoms with Gasteiger partial charge in [0.2, 0.25) is 0 Å². The van der Waals surface area contributed by atoms with E-state index in [0.717, 1.165) is 0 Å². The summed E-state index contributed by atoms with van der Waals surface area (Å²) >= 11 is 0. The van der Waals surface area contributed by atoms with Crippen molar-refractivity contribution in [1.82, 2.24) is 5.01 Å². The van der Waals surface area contributed by atoms with Crippen LogP contribution in [0.25, 0.3) is 0 Å². The van der Waals surface area contributed by atoms with Gasteiger partial charge in [0.25, 0.3) is 0 Å². The number of rotatable bonds is 2. The molecule has 0 aromatic carbocycles. The van der Waals surface area contributed by atoms with Crippen LogP contribution in [-0.2, 0) is 4.74 Å². The predicted octanol–water partition coefficient (Wildman–Crippen LogP) is -0.740. The summed E-state index contributed by atoms with van der Waals surface area (Å²) in [5.74, 6) is 0.736. The molecule has 5 unspecified atom stereocenters. The number of fused-ring (bicyclic) bond motifs is 1. The maximum absolute atomic E-state index is 14.1. The van der Waals surface area contributed by atoms with Gasteiger partial charge in [-0.2, -0.15) is 5.10 Å². The smallest absolute Gasteiger partial charge is 0.188 e. The van der Waals surface area contributed by atoms with Gasteiger partial charge in [0.15, 0.2) is 11.7 Å². The maximum Gasteiger partial charge on any atom is 0.188 e. The molecule has 3 aliphatic rings. The van der Waals surface area contributed by atoms with E-state index in [1.165, 1.54) is 6.34 Å². The normalized spacial score (nSPS) is 41.2. The van der Waals surface area contributed by atoms with Gasteiger partial charge in [-0.05, 0) is 6.92 Å². The summed E-state index contributed by atoms with van der Waals surface area (Å²) in [4.78, 5) is 8.24. The lowest BCUT2D eigenvalue weighted by Gasteiger charge is -2.30. The lowest BCUT2D eigenvalue weighted by atomic mass is 10.0. The minimum atomic E-state index is -1.14. The monoisotopic (exact) mass is 269 g/mol. The summed E-state index contributed by atoms with van der Waals surface area (Å²) in [6.45, 7) is 1.68. The molecule has 8 heteroatoms. The van der Waals surface area contributed by atoms with Crippen molar-refractivity contribution < 1.29 is 14.2 Å². The van der Waals surface area contributed by atoms with E-state index in [2.05, 4.69) is 15.1 Å². The summed E-state index contributed by atoms with van der Waals surface area (Å²) < 4.78 is 19.6. The van der Waals surface area contributed by atoms with Crippen LogP contribution in [0, 0.1) is 0 Å². The molecule has 0 amide bonds. The topological polar surface area (TPSA) is 95.8 Å². The number of aliphatic imine (C=N–C) groups is 2. The fraction of sp³-hybridized carbons (Fsp3) is 0.727. The molecule has 1 saturated heterocycles. The number of hydrogen-bond donors (Lipinski definition) is 2. The van der Waals surface area contributed by atoms with Crippen LogP contribution in [0.4, 0.5) is 4.39 Å². The summed E-state index contributed by atoms with van der Waals surface area (Å²) in [6, 6.07) is -0.549. The van der Waals surface area contributed by atoms with Gasteiger partial charge in [-0.3, -0.25) is 4.99 Å². The Morgan fingerprint density at radius 2 is 2.42 bits per heavy atom. The average Bonchev–Trinajstić information content (AvgIpc) is 2.90. The Hall–Kier alpha value is -1.54. The molecule has 0 aromatic heterocycles. The van der Waals surface area contributed by atoms with Gasteiger partial charge in [0, 0.05) is 6.42 Å². The van der Waals surface area contributed by atoms with Gasteiger partial charge in [-0.25, -0.2) is 14.4 Å². The average molecular weight is 269 g/mol. The second-order valence-corrected chi connectivity index (χ2v) is 4.93. The van der Waals surface area contributed by atoms with Gasteiger partial charge >= 0.3 is 0 Å². The van der Waals surface area contributed by atoms with Crippen LogP contribution in [0.15, 0.2) is 15.1 Å². The van der Waals surface area contributed by atoms with Gasteiger partial charge in [0.1, 0.15) is 24.7 Å². The van der Waals surface area contributed by atoms with Crippen molar-refractivity contribution in [3.8, 4) is 0 Å². The molecule has 1 fully saturated rings. The third-order valence-electron chi connectivity index (χ3n) is 3.66. The minimum absolute atomic E-state index is 0.182. The van der Waals surface area contributed by atoms with Crippen LogP contribution in [0.1, 0.15) is 13.3 Å². The number of nitrogens with two attached hydrogens (primary N) is 1. The molecule has 0 aliphatic carbocycles. The highest BCUT2D eigenvalue weighted by molar-refractivity contribution is 6.42. The van der Waals surface area contributed by atoms with E-state index >= 15 is 0 Å². The molecule has 3 aliphatic heterocycles. The number of aliphatic hydroxyl groups excluding tert-OH is 1. The van der Waals surface area contributed by atoms with Crippen molar-refractivity contribution in [2.45, 2.75) is 43.8 Å². The Morgan fingerprint density at radius 3 is 3.11 bits per heavy atom. The third kappa shape index (κ3) is 1.91. The SMILES string of the molecule is CC1N=C2C(N)=NC=NN2C1C1OC(CO)CC1F. The highest BCUT2D eigenvalue weighted by Gasteiger charge is 2.49. The number of nitrogens with zero attached hydrogens (tertiary/aromatic N) is 4. The van der Waals surface area contributed by atoms with Crippen LogP contribution in [0.2, 0.25) is 0 Å². The molecule has 0 bridgehead atoms. The van der Waals surface area contributed by atoms with E-state index < -0.39 is 18.4 Å². The number of alkyl halides is 1. The summed E-state index contributed by atoms with van der Waals surface area (Å²) in [5, 5.41) is 14.8. The number of aliphatic hydroxyl groups is 1. The van der Waals surface area contributed by atoms with E-state index in [1.807, 2.05) is 6.92 Å². The van der Waals surface area contributed by atoms with Crippen molar-refractivity contribution in [3.05, 3.63) is 0 Å². The van der Waals surface area contributed by atoms with E-state index in [0.29, 0.717) is 5.84 Å². The van der Waals surface area contributed by atoms with E-state index in [9.17, 15) is 4.39 Å². The molecule has 7 nitrogen and oxygen atoms in total. The largest absolute Gasteiger partial charge is 0.394 e. The predicted molar refractivity (Wildman–Crippen MR) is 67.9 cm³/mol. The van der Waals surface area contributed by atoms with Gasteiger partial charge in [-0.1, -0.05) is 0 Å². The van der Waals surface area contributed by atoms with Gasteiger partial charge in [-0.15, -0.1) is 0 Å². The zero-order valence-corrected chi connectivity index (χ0v) is 10.5. The van der Waals surface area contributed by atoms with Gasteiger partial charge in [0.05, 0.1) is 18.8 Å². The molecule has 0 aromatic rings. The Morgan fingerprint density at radius 1 is 1.63 bits per heavy atom. The highest BCUT2D eigenvalue weighted by atomic mass is 19.1. The Balaban J connectivity index is 1.83. The van der Waals surface area contributed by atoms with E-state index in [1.54, 1.807) is 5.01 Å². The van der Waals surface area contributed by atoms with Crippen LogP contribution in [-0.4, -0.2) is 65.2 Å². The minimum Gasteiger partial charge on any atom is -0.394 e. The molecule has 104 valence electrons. The molecule has 5 atom stereocenters. The lowest BCUT2D eigenvalue weighted by molar-refractivity contribution is -0.0322. The first-order chi connectivity index (χ1) is 9.11. The fourth-order valence-electron chi connectivity index (χ4n) is 2.76. The molecule has 3 N–H and O–H groups in total. The standard InChI is InChI=1S/C11H16FN5O2/c1-5-8(9-7(12)2-6(3-18)19-9)17-11(16-5)10(13)14-4-15-17/h4-9,18H,2-3H2,1H3,(H2,13,14,15). The number of amidine groups is 2. The zero-order chi connectivity index (χ0) is 13.6. The van der Waals surface area contributed by atoms with Gasteiger partial charge < -0.3 is 15.6 Å². The number of hydrazone groups is 1. The molecule has 3 rings (SSSR count). The van der Waals surface area contributed by atoms with Crippen LogP contribution < -0.4 is 5.73 Å². The fourth-order valence-corrected chi connectivity index (χ4v) is 2.76. The molecule has 0 radical (unpaired) electrons. The maximum atomic E-state index is 14.1. The zero-order valence-electron chi connectivity index (χ0n) is 10.5. The first kappa shape index (κ1) is 12.5. The number of ether oxygens (including phenoxy) is 1. The van der Waals surface area contributed by atoms with Crippen LogP contribution in [0.3, 0.4) is 0 Å². The second-order valence-electron chi connectivity index (χ2n) is 4.93. The van der Waals surface area contributed by atoms with Crippen molar-refractivity contribution in [3.63, 3.8) is 0 Å². The molecule has 19 heavy (non-hydrogen) atoms. The lowest BCUT2D eigenvalue weighted by Crippen LogP contribution is -2.50. The van der Waals surface area contributed by atoms with Crippen molar-refractivity contribution >= 4 is 18.0 Å². The Kier molecular flexibility index (Phi) is 2.98. The summed E-state index contributed by atoms with van der Waals surface area (Å²) in [5.41, 5.74) is 5.74. The van der Waals surface area contributed by atoms with Crippen LogP contribution in [0.5, 0.6) is 0 Å². The van der Waals surface area contributed by atoms with Crippen molar-refractivity contribution in [2.75, 3.05) is 6.61 Å². The number of halogens is 1. The molecule has 0 saturated carbocycles. The quantitative estimate of drug-likeness (QED) is 0.690. The van der Waals surface area contributed by atoms with Crippen molar-refractivity contribution in [1.29, 1.82) is 0 Å². The summed E-state index contributed by atoms with van der Waals surface area (Å²) in [7, 11) is 0. The third-order valence-corrected chi connectivity index (χ3v) is 3.66. The van der Waals surface area contributed by atoms with E-state index in [4.69, 9.17) is 15.6 Å². The molecule has 0 spiro atoms.